The van der Waals surface area contributed by atoms with E-state index in [0.29, 0.717) is 12.5 Å². The average molecular weight is 197 g/mol. The van der Waals surface area contributed by atoms with Crippen LogP contribution < -0.4 is 10.9 Å². The fraction of sp³-hybridized carbons (Fsp3) is 0.375. The van der Waals surface area contributed by atoms with Crippen LogP contribution in [0, 0.1) is 0 Å². The highest BCUT2D eigenvalue weighted by molar-refractivity contribution is 5.69. The molecule has 1 heterocycles. The fourth-order valence-corrected chi connectivity index (χ4v) is 1.00. The molecule has 76 valence electrons. The Morgan fingerprint density at radius 2 is 2.43 bits per heavy atom. The van der Waals surface area contributed by atoms with Crippen LogP contribution in [0.2, 0.25) is 0 Å². The molecule has 1 aromatic rings. The lowest BCUT2D eigenvalue weighted by Crippen LogP contribution is -2.15. The van der Waals surface area contributed by atoms with Crippen LogP contribution in [0.3, 0.4) is 0 Å². The van der Waals surface area contributed by atoms with Gasteiger partial charge in [0, 0.05) is 12.6 Å². The molecule has 0 amide bonds. The zero-order valence-electron chi connectivity index (χ0n) is 7.70. The number of carboxylic acids is 1. The topological polar surface area (TPSA) is 95.1 Å². The molecule has 6 nitrogen and oxygen atoms in total. The summed E-state index contributed by atoms with van der Waals surface area (Å²) in [5, 5.41) is 11.3. The van der Waals surface area contributed by atoms with E-state index in [1.165, 1.54) is 6.07 Å². The van der Waals surface area contributed by atoms with Crippen molar-refractivity contribution in [1.29, 1.82) is 0 Å². The Morgan fingerprint density at radius 1 is 1.71 bits per heavy atom. The van der Waals surface area contributed by atoms with Crippen LogP contribution in [-0.2, 0) is 11.2 Å². The van der Waals surface area contributed by atoms with Gasteiger partial charge in [-0.05, 0) is 6.92 Å². The van der Waals surface area contributed by atoms with Crippen molar-refractivity contribution in [3.05, 3.63) is 22.1 Å². The highest BCUT2D eigenvalue weighted by Gasteiger charge is 2.04. The molecule has 0 saturated heterocycles. The first-order chi connectivity index (χ1) is 6.61. The quantitative estimate of drug-likeness (QED) is 0.622. The Morgan fingerprint density at radius 3 is 3.00 bits per heavy atom. The molecule has 0 bridgehead atoms. The first-order valence-electron chi connectivity index (χ1n) is 4.17. The molecule has 0 aromatic carbocycles. The third-order valence-corrected chi connectivity index (χ3v) is 1.47. The summed E-state index contributed by atoms with van der Waals surface area (Å²) in [5.74, 6) is -0.707. The molecule has 0 aliphatic rings. The molecule has 0 aliphatic heterocycles. The largest absolute Gasteiger partial charge is 0.481 e. The lowest BCUT2D eigenvalue weighted by Gasteiger charge is -2.02. The maximum absolute atomic E-state index is 11.0. The van der Waals surface area contributed by atoms with Gasteiger partial charge in [-0.2, -0.15) is 0 Å². The molecular formula is C8H11N3O3. The monoisotopic (exact) mass is 197 g/mol. The summed E-state index contributed by atoms with van der Waals surface area (Å²) in [6.07, 6.45) is -0.248. The Hall–Kier alpha value is -1.85. The van der Waals surface area contributed by atoms with Crippen molar-refractivity contribution in [2.45, 2.75) is 13.3 Å². The predicted molar refractivity (Wildman–Crippen MR) is 50.4 cm³/mol. The number of aromatic amines is 1. The van der Waals surface area contributed by atoms with E-state index in [1.54, 1.807) is 0 Å². The van der Waals surface area contributed by atoms with Crippen LogP contribution in [0.25, 0.3) is 0 Å². The third-order valence-electron chi connectivity index (χ3n) is 1.47. The van der Waals surface area contributed by atoms with Gasteiger partial charge in [0.2, 0.25) is 5.95 Å². The van der Waals surface area contributed by atoms with Crippen molar-refractivity contribution in [1.82, 2.24) is 9.97 Å². The molecule has 0 radical (unpaired) electrons. The second kappa shape index (κ2) is 4.40. The standard InChI is InChI=1S/C8H11N3O3/c1-2-9-8-10-5(4-7(13)14)3-6(12)11-8/h3H,2,4H2,1H3,(H,13,14)(H2,9,10,11,12). The van der Waals surface area contributed by atoms with E-state index in [2.05, 4.69) is 15.3 Å². The Bertz CT molecular complexity index is 386. The highest BCUT2D eigenvalue weighted by Crippen LogP contribution is 1.97. The van der Waals surface area contributed by atoms with Gasteiger partial charge in [-0.25, -0.2) is 4.98 Å². The van der Waals surface area contributed by atoms with E-state index in [4.69, 9.17) is 5.11 Å². The van der Waals surface area contributed by atoms with Crippen molar-refractivity contribution < 1.29 is 9.90 Å². The molecule has 0 fully saturated rings. The van der Waals surface area contributed by atoms with Gasteiger partial charge in [0.05, 0.1) is 12.1 Å². The van der Waals surface area contributed by atoms with E-state index in [9.17, 15) is 9.59 Å². The van der Waals surface area contributed by atoms with Gasteiger partial charge in [0.1, 0.15) is 0 Å². The Labute approximate surface area is 80.0 Å². The summed E-state index contributed by atoms with van der Waals surface area (Å²) in [4.78, 5) is 27.8. The van der Waals surface area contributed by atoms with E-state index >= 15 is 0 Å². The Balaban J connectivity index is 2.94. The van der Waals surface area contributed by atoms with Crippen LogP contribution in [0.5, 0.6) is 0 Å². The number of rotatable bonds is 4. The number of aliphatic carboxylic acids is 1. The summed E-state index contributed by atoms with van der Waals surface area (Å²) < 4.78 is 0. The average Bonchev–Trinajstić information content (AvgIpc) is 2.01. The number of hydrogen-bond donors (Lipinski definition) is 3. The molecule has 1 rings (SSSR count). The lowest BCUT2D eigenvalue weighted by molar-refractivity contribution is -0.136. The summed E-state index contributed by atoms with van der Waals surface area (Å²) in [7, 11) is 0. The minimum absolute atomic E-state index is 0.247. The number of H-pyrrole nitrogens is 1. The maximum Gasteiger partial charge on any atom is 0.309 e. The third kappa shape index (κ3) is 2.89. The van der Waals surface area contributed by atoms with Crippen LogP contribution in [0.15, 0.2) is 10.9 Å². The summed E-state index contributed by atoms with van der Waals surface area (Å²) in [5.41, 5.74) is -0.107. The zero-order valence-corrected chi connectivity index (χ0v) is 7.70. The van der Waals surface area contributed by atoms with Crippen LogP contribution >= 0.6 is 0 Å². The van der Waals surface area contributed by atoms with E-state index < -0.39 is 5.97 Å². The zero-order chi connectivity index (χ0) is 10.6. The fourth-order valence-electron chi connectivity index (χ4n) is 1.00. The predicted octanol–water partition coefficient (Wildman–Crippen LogP) is -0.171. The van der Waals surface area contributed by atoms with Crippen LogP contribution in [0.1, 0.15) is 12.6 Å². The molecular weight excluding hydrogens is 186 g/mol. The SMILES string of the molecule is CCNc1nc(CC(=O)O)cc(=O)[nH]1. The van der Waals surface area contributed by atoms with Gasteiger partial charge in [-0.15, -0.1) is 0 Å². The number of hydrogen-bond acceptors (Lipinski definition) is 4. The molecule has 14 heavy (non-hydrogen) atoms. The second-order valence-electron chi connectivity index (χ2n) is 2.69. The first kappa shape index (κ1) is 10.2. The summed E-state index contributed by atoms with van der Waals surface area (Å²) in [6, 6.07) is 1.18. The van der Waals surface area contributed by atoms with E-state index in [1.807, 2.05) is 6.92 Å². The number of aromatic nitrogens is 2. The lowest BCUT2D eigenvalue weighted by atomic mass is 10.3. The molecule has 0 saturated carbocycles. The molecule has 1 aromatic heterocycles. The van der Waals surface area contributed by atoms with Crippen molar-refractivity contribution in [2.24, 2.45) is 0 Å². The highest BCUT2D eigenvalue weighted by atomic mass is 16.4. The van der Waals surface area contributed by atoms with Crippen molar-refractivity contribution in [2.75, 3.05) is 11.9 Å². The van der Waals surface area contributed by atoms with Gasteiger partial charge in [-0.1, -0.05) is 0 Å². The number of nitrogens with one attached hydrogen (secondary N) is 2. The normalized spacial score (nSPS) is 9.79. The van der Waals surface area contributed by atoms with Crippen LogP contribution in [0.4, 0.5) is 5.95 Å². The van der Waals surface area contributed by atoms with Gasteiger partial charge in [0.25, 0.3) is 5.56 Å². The first-order valence-corrected chi connectivity index (χ1v) is 4.17. The summed E-state index contributed by atoms with van der Waals surface area (Å²) >= 11 is 0. The van der Waals surface area contributed by atoms with Crippen molar-refractivity contribution >= 4 is 11.9 Å². The molecule has 0 spiro atoms. The minimum Gasteiger partial charge on any atom is -0.481 e. The van der Waals surface area contributed by atoms with Crippen LogP contribution in [-0.4, -0.2) is 27.6 Å². The second-order valence-corrected chi connectivity index (χ2v) is 2.69. The number of carboxylic acid groups (broad SMARTS) is 1. The molecule has 3 N–H and O–H groups in total. The maximum atomic E-state index is 11.0. The van der Waals surface area contributed by atoms with E-state index in [-0.39, 0.29) is 17.7 Å². The molecule has 6 heteroatoms. The minimum atomic E-state index is -1.01. The smallest absolute Gasteiger partial charge is 0.309 e. The molecule has 0 aliphatic carbocycles. The van der Waals surface area contributed by atoms with Crippen molar-refractivity contribution in [3.8, 4) is 0 Å². The molecule has 0 unspecified atom stereocenters. The number of carbonyl (C=O) groups is 1. The molecule has 0 atom stereocenters. The number of nitrogens with zero attached hydrogens (tertiary/aromatic N) is 1. The van der Waals surface area contributed by atoms with Crippen molar-refractivity contribution in [3.63, 3.8) is 0 Å². The Kier molecular flexibility index (Phi) is 3.22. The van der Waals surface area contributed by atoms with Gasteiger partial charge in [0.15, 0.2) is 0 Å². The van der Waals surface area contributed by atoms with Gasteiger partial charge in [-0.3, -0.25) is 14.6 Å². The number of anilines is 1. The summed E-state index contributed by atoms with van der Waals surface area (Å²) in [6.45, 7) is 2.46. The van der Waals surface area contributed by atoms with Gasteiger partial charge < -0.3 is 10.4 Å². The van der Waals surface area contributed by atoms with E-state index in [0.717, 1.165) is 0 Å². The van der Waals surface area contributed by atoms with Gasteiger partial charge >= 0.3 is 5.97 Å².